The van der Waals surface area contributed by atoms with E-state index in [0.717, 1.165) is 31.8 Å². The van der Waals surface area contributed by atoms with Crippen LogP contribution in [0.2, 0.25) is 0 Å². The van der Waals surface area contributed by atoms with Crippen molar-refractivity contribution in [3.8, 4) is 0 Å². The highest BCUT2D eigenvalue weighted by atomic mass is 15.5. The summed E-state index contributed by atoms with van der Waals surface area (Å²) in [6.07, 6.45) is 2.32. The Kier molecular flexibility index (Phi) is 2.77. The summed E-state index contributed by atoms with van der Waals surface area (Å²) in [5, 5.41) is 14.3. The molecule has 2 heterocycles. The van der Waals surface area contributed by atoms with E-state index in [1.54, 1.807) is 0 Å². The Morgan fingerprint density at radius 1 is 1.50 bits per heavy atom. The number of nitrogens with one attached hydrogen (secondary N) is 1. The largest absolute Gasteiger partial charge is 0.300 e. The zero-order valence-corrected chi connectivity index (χ0v) is 8.77. The molecule has 1 aromatic rings. The van der Waals surface area contributed by atoms with Crippen molar-refractivity contribution in [3.63, 3.8) is 0 Å². The Morgan fingerprint density at radius 2 is 2.36 bits per heavy atom. The van der Waals surface area contributed by atoms with Crippen molar-refractivity contribution < 1.29 is 0 Å². The number of tetrazole rings is 1. The summed E-state index contributed by atoms with van der Waals surface area (Å²) in [6.45, 7) is 6.72. The van der Waals surface area contributed by atoms with Crippen LogP contribution in [-0.2, 0) is 0 Å². The number of rotatable bonds is 3. The minimum atomic E-state index is 0.471. The number of aromatic amines is 1. The second-order valence-corrected chi connectivity index (χ2v) is 3.77. The predicted octanol–water partition coefficient (Wildman–Crippen LogP) is 0.788. The van der Waals surface area contributed by atoms with Crippen LogP contribution in [0.3, 0.4) is 0 Å². The molecule has 5 heteroatoms. The lowest BCUT2D eigenvalue weighted by atomic mass is 9.98. The maximum Gasteiger partial charge on any atom is 0.179 e. The number of likely N-dealkylation sites (N-methyl/N-ethyl adjacent to an activating group) is 1. The van der Waals surface area contributed by atoms with Gasteiger partial charge in [0, 0.05) is 12.0 Å². The maximum atomic E-state index is 4.09. The fourth-order valence-corrected chi connectivity index (χ4v) is 2.48. The highest BCUT2D eigenvalue weighted by molar-refractivity contribution is 5.02. The first-order chi connectivity index (χ1) is 6.86. The van der Waals surface area contributed by atoms with Crippen LogP contribution in [-0.4, -0.2) is 44.7 Å². The van der Waals surface area contributed by atoms with Crippen molar-refractivity contribution >= 4 is 0 Å². The van der Waals surface area contributed by atoms with Crippen LogP contribution in [0.25, 0.3) is 0 Å². The number of hydrogen-bond donors (Lipinski definition) is 1. The van der Waals surface area contributed by atoms with Crippen molar-refractivity contribution in [2.75, 3.05) is 13.1 Å². The Hall–Kier alpha value is -0.970. The molecule has 78 valence electrons. The molecule has 1 saturated heterocycles. The van der Waals surface area contributed by atoms with Crippen molar-refractivity contribution in [1.29, 1.82) is 0 Å². The van der Waals surface area contributed by atoms with Gasteiger partial charge in [0.05, 0.1) is 0 Å². The summed E-state index contributed by atoms with van der Waals surface area (Å²) in [7, 11) is 0. The van der Waals surface area contributed by atoms with Crippen LogP contribution < -0.4 is 0 Å². The van der Waals surface area contributed by atoms with Crippen LogP contribution in [0.4, 0.5) is 0 Å². The van der Waals surface area contributed by atoms with Crippen molar-refractivity contribution in [2.45, 2.75) is 38.6 Å². The normalized spacial score (nSPS) is 28.4. The van der Waals surface area contributed by atoms with Crippen LogP contribution in [0.5, 0.6) is 0 Å². The summed E-state index contributed by atoms with van der Waals surface area (Å²) in [6, 6.07) is 0.595. The standard InChI is InChI=1S/C9H17N5/c1-3-8-7(5-6-14(8)4-2)9-10-12-13-11-9/h7-8H,3-6H2,1-2H3,(H,10,11,12,13). The fourth-order valence-electron chi connectivity index (χ4n) is 2.48. The molecule has 2 atom stereocenters. The van der Waals surface area contributed by atoms with Gasteiger partial charge in [-0.1, -0.05) is 19.1 Å². The van der Waals surface area contributed by atoms with E-state index in [1.807, 2.05) is 0 Å². The summed E-state index contributed by atoms with van der Waals surface area (Å²) in [5.41, 5.74) is 0. The van der Waals surface area contributed by atoms with Crippen molar-refractivity contribution in [2.24, 2.45) is 0 Å². The lowest BCUT2D eigenvalue weighted by Crippen LogP contribution is -2.31. The summed E-state index contributed by atoms with van der Waals surface area (Å²) >= 11 is 0. The van der Waals surface area contributed by atoms with Gasteiger partial charge in [-0.2, -0.15) is 5.21 Å². The molecular weight excluding hydrogens is 178 g/mol. The summed E-state index contributed by atoms with van der Waals surface area (Å²) in [4.78, 5) is 2.50. The molecule has 0 aromatic carbocycles. The number of H-pyrrole nitrogens is 1. The molecule has 0 aliphatic carbocycles. The van der Waals surface area contributed by atoms with E-state index in [9.17, 15) is 0 Å². The molecule has 1 aromatic heterocycles. The van der Waals surface area contributed by atoms with E-state index in [0.29, 0.717) is 12.0 Å². The van der Waals surface area contributed by atoms with Crippen LogP contribution >= 0.6 is 0 Å². The van der Waals surface area contributed by atoms with Crippen molar-refractivity contribution in [3.05, 3.63) is 5.82 Å². The molecule has 5 nitrogen and oxygen atoms in total. The molecule has 1 aliphatic rings. The lowest BCUT2D eigenvalue weighted by Gasteiger charge is -2.24. The first-order valence-corrected chi connectivity index (χ1v) is 5.34. The minimum absolute atomic E-state index is 0.471. The molecule has 0 bridgehead atoms. The third-order valence-electron chi connectivity index (χ3n) is 3.18. The smallest absolute Gasteiger partial charge is 0.179 e. The molecule has 0 amide bonds. The molecular formula is C9H17N5. The number of hydrogen-bond acceptors (Lipinski definition) is 4. The minimum Gasteiger partial charge on any atom is -0.300 e. The highest BCUT2D eigenvalue weighted by Gasteiger charge is 2.35. The average Bonchev–Trinajstić information content (AvgIpc) is 2.85. The van der Waals surface area contributed by atoms with Gasteiger partial charge >= 0.3 is 0 Å². The Labute approximate surface area is 83.9 Å². The quantitative estimate of drug-likeness (QED) is 0.774. The van der Waals surface area contributed by atoms with E-state index in [-0.39, 0.29) is 0 Å². The zero-order valence-electron chi connectivity index (χ0n) is 8.77. The fraction of sp³-hybridized carbons (Fsp3) is 0.889. The van der Waals surface area contributed by atoms with Gasteiger partial charge in [-0.05, 0) is 25.9 Å². The Balaban J connectivity index is 2.13. The molecule has 1 N–H and O–H groups in total. The van der Waals surface area contributed by atoms with E-state index in [4.69, 9.17) is 0 Å². The van der Waals surface area contributed by atoms with Crippen LogP contribution in [0.1, 0.15) is 38.4 Å². The molecule has 2 rings (SSSR count). The van der Waals surface area contributed by atoms with Crippen molar-refractivity contribution in [1.82, 2.24) is 25.5 Å². The number of aromatic nitrogens is 4. The summed E-state index contributed by atoms with van der Waals surface area (Å²) < 4.78 is 0. The predicted molar refractivity (Wildman–Crippen MR) is 52.9 cm³/mol. The van der Waals surface area contributed by atoms with Gasteiger partial charge in [-0.3, -0.25) is 4.90 Å². The zero-order chi connectivity index (χ0) is 9.97. The SMILES string of the molecule is CCC1C(c2nn[nH]n2)CCN1CC. The van der Waals surface area contributed by atoms with E-state index in [1.165, 1.54) is 0 Å². The Morgan fingerprint density at radius 3 is 2.93 bits per heavy atom. The van der Waals surface area contributed by atoms with Gasteiger partial charge in [-0.25, -0.2) is 0 Å². The second-order valence-electron chi connectivity index (χ2n) is 3.77. The van der Waals surface area contributed by atoms with Gasteiger partial charge in [0.1, 0.15) is 0 Å². The number of nitrogens with zero attached hydrogens (tertiary/aromatic N) is 4. The van der Waals surface area contributed by atoms with Gasteiger partial charge < -0.3 is 0 Å². The molecule has 1 fully saturated rings. The van der Waals surface area contributed by atoms with Gasteiger partial charge in [0.25, 0.3) is 0 Å². The molecule has 0 radical (unpaired) electrons. The van der Waals surface area contributed by atoms with Gasteiger partial charge in [-0.15, -0.1) is 10.2 Å². The molecule has 2 unspecified atom stereocenters. The average molecular weight is 195 g/mol. The molecule has 0 spiro atoms. The van der Waals surface area contributed by atoms with Gasteiger partial charge in [0.15, 0.2) is 5.82 Å². The second kappa shape index (κ2) is 4.04. The first kappa shape index (κ1) is 9.58. The first-order valence-electron chi connectivity index (χ1n) is 5.34. The van der Waals surface area contributed by atoms with Crippen LogP contribution in [0.15, 0.2) is 0 Å². The third-order valence-corrected chi connectivity index (χ3v) is 3.18. The molecule has 0 saturated carbocycles. The Bertz CT molecular complexity index is 271. The molecule has 14 heavy (non-hydrogen) atoms. The van der Waals surface area contributed by atoms with Gasteiger partial charge in [0.2, 0.25) is 0 Å². The number of likely N-dealkylation sites (tertiary alicyclic amines) is 1. The third kappa shape index (κ3) is 1.52. The van der Waals surface area contributed by atoms with Crippen LogP contribution in [0, 0.1) is 0 Å². The van der Waals surface area contributed by atoms with E-state index < -0.39 is 0 Å². The monoisotopic (exact) mass is 195 g/mol. The summed E-state index contributed by atoms with van der Waals surface area (Å²) in [5.74, 6) is 1.35. The van der Waals surface area contributed by atoms with E-state index >= 15 is 0 Å². The maximum absolute atomic E-state index is 4.09. The van der Waals surface area contributed by atoms with E-state index in [2.05, 4.69) is 39.4 Å². The highest BCUT2D eigenvalue weighted by Crippen LogP contribution is 2.32. The topological polar surface area (TPSA) is 57.7 Å². The molecule has 1 aliphatic heterocycles. The lowest BCUT2D eigenvalue weighted by molar-refractivity contribution is 0.248.